The highest BCUT2D eigenvalue weighted by Gasteiger charge is 2.28. The molecule has 0 spiro atoms. The Morgan fingerprint density at radius 2 is 2.27 bits per heavy atom. The van der Waals surface area contributed by atoms with Crippen molar-refractivity contribution in [2.45, 2.75) is 38.6 Å². The predicted octanol–water partition coefficient (Wildman–Crippen LogP) is 1.64. The van der Waals surface area contributed by atoms with Gasteiger partial charge >= 0.3 is 0 Å². The van der Waals surface area contributed by atoms with Crippen molar-refractivity contribution in [1.82, 2.24) is 4.98 Å². The molecular formula is C12H19N3. The number of nitrogen functional groups attached to an aromatic ring is 1. The molecule has 2 rings (SSSR count). The molecule has 1 atom stereocenters. The Labute approximate surface area is 90.9 Å². The number of hydrogen-bond donors (Lipinski definition) is 2. The molecule has 0 bridgehead atoms. The second-order valence-corrected chi connectivity index (χ2v) is 4.53. The summed E-state index contributed by atoms with van der Waals surface area (Å²) in [6.45, 7) is 2.08. The Hall–Kier alpha value is -1.09. The van der Waals surface area contributed by atoms with Crippen LogP contribution in [0.1, 0.15) is 30.4 Å². The quantitative estimate of drug-likeness (QED) is 0.785. The summed E-state index contributed by atoms with van der Waals surface area (Å²) in [5.74, 6) is 1.43. The van der Waals surface area contributed by atoms with E-state index in [1.54, 1.807) is 6.20 Å². The molecule has 0 radical (unpaired) electrons. The van der Waals surface area contributed by atoms with Crippen LogP contribution in [-0.2, 0) is 6.42 Å². The lowest BCUT2D eigenvalue weighted by Gasteiger charge is -2.12. The molecule has 1 aromatic rings. The first kappa shape index (κ1) is 10.4. The maximum Gasteiger partial charge on any atom is 0.126 e. The number of aryl methyl sites for hydroxylation is 1. The summed E-state index contributed by atoms with van der Waals surface area (Å²) in [5, 5.41) is 0. The molecule has 1 aliphatic rings. The van der Waals surface area contributed by atoms with Crippen molar-refractivity contribution < 1.29 is 0 Å². The predicted molar refractivity (Wildman–Crippen MR) is 62.4 cm³/mol. The van der Waals surface area contributed by atoms with E-state index in [0.717, 1.165) is 18.8 Å². The van der Waals surface area contributed by atoms with Gasteiger partial charge in [-0.1, -0.05) is 0 Å². The van der Waals surface area contributed by atoms with Gasteiger partial charge in [0, 0.05) is 12.2 Å². The molecule has 1 saturated carbocycles. The van der Waals surface area contributed by atoms with Crippen molar-refractivity contribution in [3.63, 3.8) is 0 Å². The number of rotatable bonds is 4. The second-order valence-electron chi connectivity index (χ2n) is 4.53. The summed E-state index contributed by atoms with van der Waals surface area (Å²) in [6.07, 6.45) is 6.37. The van der Waals surface area contributed by atoms with Crippen molar-refractivity contribution in [3.8, 4) is 0 Å². The Morgan fingerprint density at radius 3 is 2.87 bits per heavy atom. The first-order valence-electron chi connectivity index (χ1n) is 5.64. The van der Waals surface area contributed by atoms with Gasteiger partial charge in [-0.15, -0.1) is 0 Å². The van der Waals surface area contributed by atoms with Crippen molar-refractivity contribution in [2.75, 3.05) is 5.73 Å². The number of pyridine rings is 1. The fourth-order valence-corrected chi connectivity index (χ4v) is 2.01. The standard InChI is InChI=1S/C12H19N3/c1-8-6-7-15-12(14)10(8)4-5-11(13)9-2-3-9/h6-7,9,11H,2-5,13H2,1H3,(H2,14,15). The first-order valence-corrected chi connectivity index (χ1v) is 5.64. The molecule has 0 aliphatic heterocycles. The fraction of sp³-hybridized carbons (Fsp3) is 0.583. The molecule has 15 heavy (non-hydrogen) atoms. The van der Waals surface area contributed by atoms with Gasteiger partial charge in [-0.05, 0) is 55.7 Å². The second kappa shape index (κ2) is 4.19. The van der Waals surface area contributed by atoms with E-state index >= 15 is 0 Å². The molecule has 82 valence electrons. The van der Waals surface area contributed by atoms with Crippen molar-refractivity contribution in [3.05, 3.63) is 23.4 Å². The summed E-state index contributed by atoms with van der Waals surface area (Å²) in [7, 11) is 0. The van der Waals surface area contributed by atoms with E-state index in [0.29, 0.717) is 11.9 Å². The molecule has 3 heteroatoms. The topological polar surface area (TPSA) is 64.9 Å². The van der Waals surface area contributed by atoms with Gasteiger partial charge in [-0.25, -0.2) is 4.98 Å². The molecule has 1 aliphatic carbocycles. The zero-order valence-electron chi connectivity index (χ0n) is 9.24. The highest BCUT2D eigenvalue weighted by Crippen LogP contribution is 2.33. The summed E-state index contributed by atoms with van der Waals surface area (Å²) >= 11 is 0. The highest BCUT2D eigenvalue weighted by atomic mass is 14.8. The minimum absolute atomic E-state index is 0.351. The Kier molecular flexibility index (Phi) is 2.91. The molecule has 3 nitrogen and oxygen atoms in total. The van der Waals surface area contributed by atoms with E-state index in [4.69, 9.17) is 11.5 Å². The largest absolute Gasteiger partial charge is 0.383 e. The summed E-state index contributed by atoms with van der Waals surface area (Å²) in [6, 6.07) is 2.36. The molecule has 1 heterocycles. The van der Waals surface area contributed by atoms with E-state index in [9.17, 15) is 0 Å². The van der Waals surface area contributed by atoms with Crippen LogP contribution < -0.4 is 11.5 Å². The van der Waals surface area contributed by atoms with E-state index in [1.165, 1.54) is 24.0 Å². The van der Waals surface area contributed by atoms with Crippen LogP contribution in [0.15, 0.2) is 12.3 Å². The van der Waals surface area contributed by atoms with Gasteiger partial charge < -0.3 is 11.5 Å². The van der Waals surface area contributed by atoms with E-state index in [2.05, 4.69) is 11.9 Å². The van der Waals surface area contributed by atoms with Crippen LogP contribution in [0.25, 0.3) is 0 Å². The minimum atomic E-state index is 0.351. The number of aromatic nitrogens is 1. The van der Waals surface area contributed by atoms with E-state index < -0.39 is 0 Å². The van der Waals surface area contributed by atoms with Gasteiger partial charge in [0.25, 0.3) is 0 Å². The van der Waals surface area contributed by atoms with Crippen LogP contribution in [0.3, 0.4) is 0 Å². The van der Waals surface area contributed by atoms with Crippen LogP contribution in [0.2, 0.25) is 0 Å². The maximum atomic E-state index is 6.07. The summed E-state index contributed by atoms with van der Waals surface area (Å²) in [5.41, 5.74) is 14.3. The lowest BCUT2D eigenvalue weighted by atomic mass is 10.0. The van der Waals surface area contributed by atoms with Gasteiger partial charge in [0.15, 0.2) is 0 Å². The van der Waals surface area contributed by atoms with Crippen LogP contribution >= 0.6 is 0 Å². The van der Waals surface area contributed by atoms with Crippen molar-refractivity contribution in [2.24, 2.45) is 11.7 Å². The zero-order valence-corrected chi connectivity index (χ0v) is 9.24. The molecule has 4 N–H and O–H groups in total. The van der Waals surface area contributed by atoms with E-state index in [-0.39, 0.29) is 0 Å². The highest BCUT2D eigenvalue weighted by molar-refractivity contribution is 5.43. The lowest BCUT2D eigenvalue weighted by molar-refractivity contribution is 0.549. The molecule has 1 fully saturated rings. The molecule has 1 aromatic heterocycles. The molecule has 0 aromatic carbocycles. The smallest absolute Gasteiger partial charge is 0.126 e. The number of anilines is 1. The average Bonchev–Trinajstić information content (AvgIpc) is 2.99. The Balaban J connectivity index is 1.97. The third-order valence-corrected chi connectivity index (χ3v) is 3.28. The lowest BCUT2D eigenvalue weighted by Crippen LogP contribution is -2.23. The van der Waals surface area contributed by atoms with E-state index in [1.807, 2.05) is 6.07 Å². The SMILES string of the molecule is Cc1ccnc(N)c1CCC(N)C1CC1. The van der Waals surface area contributed by atoms with Gasteiger partial charge in [0.05, 0.1) is 0 Å². The molecule has 1 unspecified atom stereocenters. The number of hydrogen-bond acceptors (Lipinski definition) is 3. The fourth-order valence-electron chi connectivity index (χ4n) is 2.01. The minimum Gasteiger partial charge on any atom is -0.383 e. The Morgan fingerprint density at radius 1 is 1.53 bits per heavy atom. The van der Waals surface area contributed by atoms with Crippen molar-refractivity contribution >= 4 is 5.82 Å². The summed E-state index contributed by atoms with van der Waals surface area (Å²) < 4.78 is 0. The monoisotopic (exact) mass is 205 g/mol. The normalized spacial score (nSPS) is 17.7. The summed E-state index contributed by atoms with van der Waals surface area (Å²) in [4.78, 5) is 4.12. The van der Waals surface area contributed by atoms with Crippen molar-refractivity contribution in [1.29, 1.82) is 0 Å². The first-order chi connectivity index (χ1) is 7.18. The van der Waals surface area contributed by atoms with Crippen LogP contribution in [-0.4, -0.2) is 11.0 Å². The zero-order chi connectivity index (χ0) is 10.8. The van der Waals surface area contributed by atoms with Gasteiger partial charge in [-0.2, -0.15) is 0 Å². The van der Waals surface area contributed by atoms with Crippen LogP contribution in [0.4, 0.5) is 5.82 Å². The third-order valence-electron chi connectivity index (χ3n) is 3.28. The average molecular weight is 205 g/mol. The number of nitrogens with two attached hydrogens (primary N) is 2. The molecule has 0 saturated heterocycles. The molecular weight excluding hydrogens is 186 g/mol. The van der Waals surface area contributed by atoms with Crippen LogP contribution in [0.5, 0.6) is 0 Å². The van der Waals surface area contributed by atoms with Gasteiger partial charge in [0.2, 0.25) is 0 Å². The maximum absolute atomic E-state index is 6.07. The number of nitrogens with zero attached hydrogens (tertiary/aromatic N) is 1. The molecule has 0 amide bonds. The van der Waals surface area contributed by atoms with Crippen LogP contribution in [0, 0.1) is 12.8 Å². The van der Waals surface area contributed by atoms with Gasteiger partial charge in [-0.3, -0.25) is 0 Å². The Bertz CT molecular complexity index is 324. The third kappa shape index (κ3) is 2.48. The van der Waals surface area contributed by atoms with Gasteiger partial charge in [0.1, 0.15) is 5.82 Å².